The van der Waals surface area contributed by atoms with Crippen LogP contribution in [-0.4, -0.2) is 0 Å². The number of rotatable bonds is 3. The van der Waals surface area contributed by atoms with Crippen molar-refractivity contribution in [2.24, 2.45) is 5.73 Å². The Bertz CT molecular complexity index is 2320. The maximum Gasteiger partial charge on any atom is 0.0688 e. The van der Waals surface area contributed by atoms with E-state index in [4.69, 9.17) is 5.73 Å². The van der Waals surface area contributed by atoms with E-state index in [1.54, 1.807) is 11.6 Å². The van der Waals surface area contributed by atoms with Gasteiger partial charge in [0.15, 0.2) is 0 Å². The summed E-state index contributed by atoms with van der Waals surface area (Å²) in [6.07, 6.45) is 11.8. The molecule has 0 aromatic heterocycles. The predicted octanol–water partition coefficient (Wildman–Crippen LogP) is 11.0. The summed E-state index contributed by atoms with van der Waals surface area (Å²) in [5.74, 6) is 0. The average molecular weight is 576 g/mol. The lowest BCUT2D eigenvalue weighted by atomic mass is 9.60. The number of hydrogen-bond donors (Lipinski definition) is 1. The summed E-state index contributed by atoms with van der Waals surface area (Å²) in [5, 5.41) is 5.05. The molecule has 0 aliphatic heterocycles. The molecule has 1 unspecified atom stereocenters. The maximum absolute atomic E-state index is 6.51. The summed E-state index contributed by atoms with van der Waals surface area (Å²) in [4.78, 5) is 0. The molecule has 0 saturated heterocycles. The molecule has 0 bridgehead atoms. The van der Waals surface area contributed by atoms with E-state index in [9.17, 15) is 0 Å². The zero-order valence-electron chi connectivity index (χ0n) is 25.2. The van der Waals surface area contributed by atoms with Gasteiger partial charge in [-0.2, -0.15) is 0 Å². The zero-order valence-corrected chi connectivity index (χ0v) is 25.2. The normalized spacial score (nSPS) is 18.2. The Morgan fingerprint density at radius 2 is 1.44 bits per heavy atom. The van der Waals surface area contributed by atoms with E-state index in [-0.39, 0.29) is 5.41 Å². The third-order valence-electron chi connectivity index (χ3n) is 10.3. The fourth-order valence-electron chi connectivity index (χ4n) is 8.60. The monoisotopic (exact) mass is 575 g/mol. The number of fused-ring (bicyclic) bond motifs is 9. The van der Waals surface area contributed by atoms with Gasteiger partial charge in [-0.15, -0.1) is 0 Å². The molecular weight excluding hydrogens is 542 g/mol. The van der Waals surface area contributed by atoms with Gasteiger partial charge in [0.1, 0.15) is 0 Å². The Hall–Kier alpha value is -5.40. The van der Waals surface area contributed by atoms with Gasteiger partial charge in [-0.05, 0) is 109 Å². The van der Waals surface area contributed by atoms with Crippen molar-refractivity contribution in [1.82, 2.24) is 0 Å². The number of hydrogen-bond acceptors (Lipinski definition) is 1. The number of nitrogens with two attached hydrogens (primary N) is 1. The highest BCUT2D eigenvalue weighted by molar-refractivity contribution is 6.08. The van der Waals surface area contributed by atoms with Gasteiger partial charge in [-0.3, -0.25) is 0 Å². The smallest absolute Gasteiger partial charge is 0.0688 e. The summed E-state index contributed by atoms with van der Waals surface area (Å²) in [6.45, 7) is 3.86. The Labute approximate surface area is 264 Å². The molecule has 1 spiro atoms. The van der Waals surface area contributed by atoms with Crippen molar-refractivity contribution in [2.75, 3.05) is 0 Å². The molecule has 0 amide bonds. The van der Waals surface area contributed by atoms with Crippen LogP contribution in [0.25, 0.3) is 55.1 Å². The maximum atomic E-state index is 6.51. The molecule has 214 valence electrons. The summed E-state index contributed by atoms with van der Waals surface area (Å²) in [7, 11) is 0. The van der Waals surface area contributed by atoms with Crippen LogP contribution < -0.4 is 5.73 Å². The first-order valence-electron chi connectivity index (χ1n) is 16.0. The van der Waals surface area contributed by atoms with Crippen LogP contribution in [0.1, 0.15) is 47.1 Å². The van der Waals surface area contributed by atoms with Crippen molar-refractivity contribution in [3.8, 4) is 22.3 Å². The van der Waals surface area contributed by atoms with E-state index in [1.165, 1.54) is 66.2 Å². The van der Waals surface area contributed by atoms with E-state index in [0.717, 1.165) is 35.9 Å². The van der Waals surface area contributed by atoms with Crippen LogP contribution in [0.2, 0.25) is 0 Å². The third-order valence-corrected chi connectivity index (χ3v) is 10.3. The van der Waals surface area contributed by atoms with Gasteiger partial charge >= 0.3 is 0 Å². The molecule has 0 saturated carbocycles. The van der Waals surface area contributed by atoms with Crippen LogP contribution in [0, 0.1) is 0 Å². The van der Waals surface area contributed by atoms with Crippen molar-refractivity contribution in [3.63, 3.8) is 0 Å². The lowest BCUT2D eigenvalue weighted by molar-refractivity contribution is 0.681. The summed E-state index contributed by atoms with van der Waals surface area (Å²) < 4.78 is 0. The Kier molecular flexibility index (Phi) is 5.67. The van der Waals surface area contributed by atoms with Gasteiger partial charge in [0.05, 0.1) is 5.41 Å². The van der Waals surface area contributed by atoms with E-state index >= 15 is 0 Å². The van der Waals surface area contributed by atoms with Gasteiger partial charge < -0.3 is 5.73 Å². The molecule has 0 heterocycles. The first kappa shape index (κ1) is 26.0. The second-order valence-corrected chi connectivity index (χ2v) is 12.5. The second-order valence-electron chi connectivity index (χ2n) is 12.5. The minimum atomic E-state index is -0.354. The summed E-state index contributed by atoms with van der Waals surface area (Å²) in [5.41, 5.74) is 21.6. The van der Waals surface area contributed by atoms with Gasteiger partial charge in [-0.1, -0.05) is 134 Å². The van der Waals surface area contributed by atoms with Gasteiger partial charge in [-0.25, -0.2) is 0 Å². The fraction of sp³-hybridized carbons (Fsp3) is 0.0909. The second kappa shape index (κ2) is 9.81. The minimum absolute atomic E-state index is 0.354. The summed E-state index contributed by atoms with van der Waals surface area (Å²) >= 11 is 0. The van der Waals surface area contributed by atoms with Gasteiger partial charge in [0.25, 0.3) is 0 Å². The Morgan fingerprint density at radius 3 is 2.33 bits per heavy atom. The zero-order chi connectivity index (χ0) is 30.1. The van der Waals surface area contributed by atoms with E-state index < -0.39 is 0 Å². The quantitative estimate of drug-likeness (QED) is 0.209. The van der Waals surface area contributed by atoms with E-state index in [0.29, 0.717) is 0 Å². The Morgan fingerprint density at radius 1 is 0.689 bits per heavy atom. The largest absolute Gasteiger partial charge is 0.398 e. The van der Waals surface area contributed by atoms with Gasteiger partial charge in [0.2, 0.25) is 0 Å². The highest BCUT2D eigenvalue weighted by atomic mass is 14.6. The molecule has 1 atom stereocenters. The lowest BCUT2D eigenvalue weighted by Crippen LogP contribution is -2.33. The standard InChI is InChI=1S/C44H33N/c1-2-12-42(45)36-26-25-30(31-15-6-7-16-32(31)36)29-23-24-35-33-17-4-3-5-20-38(33)44(41(35)27-29)39-21-9-8-18-34(39)37-19-10-13-28-14-11-22-40(44)43(28)37/h2,4,6-19,21-27H,1,3,5,20,45H2/b42-12-. The highest BCUT2D eigenvalue weighted by Crippen LogP contribution is 2.62. The van der Waals surface area contributed by atoms with Crippen molar-refractivity contribution >= 4 is 32.8 Å². The van der Waals surface area contributed by atoms with Crippen molar-refractivity contribution in [2.45, 2.75) is 24.7 Å². The van der Waals surface area contributed by atoms with Crippen LogP contribution in [-0.2, 0) is 5.41 Å². The lowest BCUT2D eigenvalue weighted by Gasteiger charge is -2.41. The molecule has 1 nitrogen and oxygen atoms in total. The molecule has 3 aliphatic rings. The first-order chi connectivity index (χ1) is 22.2. The van der Waals surface area contributed by atoms with Crippen LogP contribution >= 0.6 is 0 Å². The molecule has 2 N–H and O–H groups in total. The first-order valence-corrected chi connectivity index (χ1v) is 16.0. The minimum Gasteiger partial charge on any atom is -0.398 e. The third kappa shape index (κ3) is 3.50. The number of allylic oxidation sites excluding steroid dienone is 6. The van der Waals surface area contributed by atoms with Crippen LogP contribution in [0.4, 0.5) is 0 Å². The molecule has 45 heavy (non-hydrogen) atoms. The van der Waals surface area contributed by atoms with E-state index in [1.807, 2.05) is 6.08 Å². The fourth-order valence-corrected chi connectivity index (χ4v) is 8.60. The highest BCUT2D eigenvalue weighted by Gasteiger charge is 2.50. The van der Waals surface area contributed by atoms with Crippen LogP contribution in [0.5, 0.6) is 0 Å². The van der Waals surface area contributed by atoms with Crippen LogP contribution in [0.3, 0.4) is 0 Å². The van der Waals surface area contributed by atoms with Crippen molar-refractivity contribution < 1.29 is 0 Å². The average Bonchev–Trinajstić information content (AvgIpc) is 3.19. The predicted molar refractivity (Wildman–Crippen MR) is 191 cm³/mol. The molecular formula is C44H33N. The van der Waals surface area contributed by atoms with Crippen molar-refractivity contribution in [1.29, 1.82) is 0 Å². The SMILES string of the molecule is C=C/C=C(\N)c1ccc(-c2ccc3c(c2)C2(C4=C3C=CCCC4)c3ccccc3-c3cccc4cccc2c34)c2ccccc12. The topological polar surface area (TPSA) is 26.0 Å². The molecule has 0 fully saturated rings. The van der Waals surface area contributed by atoms with E-state index in [2.05, 4.69) is 134 Å². The molecule has 0 radical (unpaired) electrons. The molecule has 6 aromatic rings. The van der Waals surface area contributed by atoms with Gasteiger partial charge in [0, 0.05) is 11.3 Å². The van der Waals surface area contributed by atoms with Crippen molar-refractivity contribution in [3.05, 3.63) is 180 Å². The molecule has 3 aliphatic carbocycles. The summed E-state index contributed by atoms with van der Waals surface area (Å²) in [6, 6.07) is 43.2. The molecule has 9 rings (SSSR count). The molecule has 1 heteroatoms. The van der Waals surface area contributed by atoms with Crippen LogP contribution in [0.15, 0.2) is 152 Å². The molecule has 6 aromatic carbocycles. The number of benzene rings is 6. The Balaban J connectivity index is 1.39.